The van der Waals surface area contributed by atoms with Gasteiger partial charge in [-0.05, 0) is 29.5 Å². The van der Waals surface area contributed by atoms with Gasteiger partial charge < -0.3 is 14.9 Å². The van der Waals surface area contributed by atoms with Gasteiger partial charge in [-0.1, -0.05) is 17.1 Å². The second-order valence-electron chi connectivity index (χ2n) is 3.73. The highest BCUT2D eigenvalue weighted by Gasteiger charge is 2.12. The van der Waals surface area contributed by atoms with E-state index in [0.717, 1.165) is 11.3 Å². The van der Waals surface area contributed by atoms with Crippen molar-refractivity contribution in [1.82, 2.24) is 14.8 Å². The number of aromatic nitrogens is 3. The fraction of sp³-hybridized carbons (Fsp3) is 0.273. The van der Waals surface area contributed by atoms with Gasteiger partial charge in [-0.25, -0.2) is 0 Å². The Labute approximate surface area is 103 Å². The van der Waals surface area contributed by atoms with Crippen LogP contribution < -0.4 is 4.74 Å². The van der Waals surface area contributed by atoms with Crippen LogP contribution in [0.5, 0.6) is 5.75 Å². The van der Waals surface area contributed by atoms with E-state index in [9.17, 15) is 10.1 Å². The summed E-state index contributed by atoms with van der Waals surface area (Å²) < 4.78 is 6.88. The molecule has 0 aliphatic heterocycles. The highest BCUT2D eigenvalue weighted by Crippen LogP contribution is 2.12. The number of nitro groups is 1. The first-order chi connectivity index (χ1) is 8.65. The van der Waals surface area contributed by atoms with Crippen LogP contribution in [0.4, 0.5) is 5.95 Å². The molecule has 0 bridgehead atoms. The van der Waals surface area contributed by atoms with E-state index in [4.69, 9.17) is 4.74 Å². The second-order valence-corrected chi connectivity index (χ2v) is 3.73. The molecule has 94 valence electrons. The highest BCUT2D eigenvalue weighted by atomic mass is 16.6. The normalized spacial score (nSPS) is 10.3. The zero-order chi connectivity index (χ0) is 13.0. The highest BCUT2D eigenvalue weighted by molar-refractivity contribution is 5.27. The predicted octanol–water partition coefficient (Wildman–Crippen LogP) is 1.57. The number of aryl methyl sites for hydroxylation is 1. The number of nitrogens with zero attached hydrogens (tertiary/aromatic N) is 4. The van der Waals surface area contributed by atoms with E-state index < -0.39 is 10.9 Å². The van der Waals surface area contributed by atoms with Gasteiger partial charge in [0.25, 0.3) is 0 Å². The molecule has 0 radical (unpaired) electrons. The van der Waals surface area contributed by atoms with Crippen LogP contribution in [0.25, 0.3) is 0 Å². The van der Waals surface area contributed by atoms with E-state index in [2.05, 4.69) is 10.1 Å². The Morgan fingerprint density at radius 1 is 1.50 bits per heavy atom. The molecule has 0 aliphatic rings. The molecule has 0 aliphatic carbocycles. The van der Waals surface area contributed by atoms with Crippen LogP contribution in [-0.4, -0.2) is 26.3 Å². The van der Waals surface area contributed by atoms with Crippen LogP contribution in [0, 0.1) is 17.0 Å². The molecule has 1 heterocycles. The average Bonchev–Trinajstić information content (AvgIpc) is 2.78. The Morgan fingerprint density at radius 3 is 3.00 bits per heavy atom. The Hall–Kier alpha value is -2.44. The third-order valence-corrected chi connectivity index (χ3v) is 2.27. The van der Waals surface area contributed by atoms with Crippen LogP contribution in [0.15, 0.2) is 30.6 Å². The SMILES string of the molecule is Cc1cccc(OCCn2cnc([N+](=O)[O-])n2)c1. The number of rotatable bonds is 5. The molecule has 0 unspecified atom stereocenters. The van der Waals surface area contributed by atoms with E-state index in [-0.39, 0.29) is 0 Å². The Morgan fingerprint density at radius 2 is 2.33 bits per heavy atom. The quantitative estimate of drug-likeness (QED) is 0.592. The molecule has 0 saturated carbocycles. The summed E-state index contributed by atoms with van der Waals surface area (Å²) >= 11 is 0. The van der Waals surface area contributed by atoms with Gasteiger partial charge >= 0.3 is 5.95 Å². The van der Waals surface area contributed by atoms with Crippen LogP contribution in [-0.2, 0) is 6.54 Å². The molecule has 0 N–H and O–H groups in total. The van der Waals surface area contributed by atoms with Gasteiger partial charge in [-0.15, -0.1) is 0 Å². The first-order valence-corrected chi connectivity index (χ1v) is 5.38. The smallest absolute Gasteiger partial charge is 0.490 e. The second kappa shape index (κ2) is 5.26. The molecule has 1 aromatic heterocycles. The molecule has 0 saturated heterocycles. The van der Waals surface area contributed by atoms with Crippen molar-refractivity contribution in [2.24, 2.45) is 0 Å². The summed E-state index contributed by atoms with van der Waals surface area (Å²) in [6.45, 7) is 2.77. The van der Waals surface area contributed by atoms with Crippen molar-refractivity contribution in [2.75, 3.05) is 6.61 Å². The molecule has 0 fully saturated rings. The summed E-state index contributed by atoms with van der Waals surface area (Å²) in [7, 11) is 0. The summed E-state index contributed by atoms with van der Waals surface area (Å²) in [5.74, 6) is 0.371. The maximum Gasteiger partial charge on any atom is 0.490 e. The maximum atomic E-state index is 10.4. The van der Waals surface area contributed by atoms with Crippen LogP contribution >= 0.6 is 0 Å². The lowest BCUT2D eigenvalue weighted by Gasteiger charge is -2.05. The topological polar surface area (TPSA) is 83.1 Å². The van der Waals surface area contributed by atoms with Gasteiger partial charge in [0, 0.05) is 5.10 Å². The van der Waals surface area contributed by atoms with E-state index in [1.165, 1.54) is 11.0 Å². The summed E-state index contributed by atoms with van der Waals surface area (Å²) in [5, 5.41) is 14.1. The van der Waals surface area contributed by atoms with Gasteiger partial charge in [0.05, 0.1) is 6.54 Å². The van der Waals surface area contributed by atoms with Crippen molar-refractivity contribution >= 4 is 5.95 Å². The largest absolute Gasteiger partial charge is 0.492 e. The number of hydrogen-bond acceptors (Lipinski definition) is 5. The standard InChI is InChI=1S/C11H12N4O3/c1-9-3-2-4-10(7-9)18-6-5-14-8-12-11(13-14)15(16)17/h2-4,7-8H,5-6H2,1H3. The minimum absolute atomic E-state index is 0.379. The first kappa shape index (κ1) is 12.0. The molecule has 0 atom stereocenters. The third kappa shape index (κ3) is 3.03. The lowest BCUT2D eigenvalue weighted by molar-refractivity contribution is -0.394. The number of ether oxygens (including phenoxy) is 1. The van der Waals surface area contributed by atoms with E-state index in [1.807, 2.05) is 31.2 Å². The van der Waals surface area contributed by atoms with Crippen LogP contribution in [0.2, 0.25) is 0 Å². The molecule has 1 aromatic carbocycles. The summed E-state index contributed by atoms with van der Waals surface area (Å²) in [5.41, 5.74) is 1.11. The Balaban J connectivity index is 1.86. The molecule has 0 amide bonds. The number of hydrogen-bond donors (Lipinski definition) is 0. The fourth-order valence-corrected chi connectivity index (χ4v) is 1.44. The average molecular weight is 248 g/mol. The van der Waals surface area contributed by atoms with Gasteiger partial charge in [0.2, 0.25) is 6.33 Å². The fourth-order valence-electron chi connectivity index (χ4n) is 1.44. The van der Waals surface area contributed by atoms with Gasteiger partial charge in [0.1, 0.15) is 12.4 Å². The zero-order valence-electron chi connectivity index (χ0n) is 9.81. The van der Waals surface area contributed by atoms with Crippen LogP contribution in [0.1, 0.15) is 5.56 Å². The molecule has 7 nitrogen and oxygen atoms in total. The Kier molecular flexibility index (Phi) is 3.52. The molecule has 7 heteroatoms. The van der Waals surface area contributed by atoms with Crippen molar-refractivity contribution in [3.8, 4) is 5.75 Å². The molecular formula is C11H12N4O3. The molecule has 2 aromatic rings. The summed E-state index contributed by atoms with van der Waals surface area (Å²) in [6, 6.07) is 7.67. The van der Waals surface area contributed by atoms with Crippen LogP contribution in [0.3, 0.4) is 0 Å². The monoisotopic (exact) mass is 248 g/mol. The number of benzene rings is 1. The summed E-state index contributed by atoms with van der Waals surface area (Å²) in [4.78, 5) is 13.3. The zero-order valence-corrected chi connectivity index (χ0v) is 9.81. The van der Waals surface area contributed by atoms with Crippen molar-refractivity contribution in [2.45, 2.75) is 13.5 Å². The maximum absolute atomic E-state index is 10.4. The molecule has 0 spiro atoms. The van der Waals surface area contributed by atoms with E-state index in [1.54, 1.807) is 0 Å². The minimum atomic E-state index is -0.627. The first-order valence-electron chi connectivity index (χ1n) is 5.38. The molecule has 2 rings (SSSR count). The molecular weight excluding hydrogens is 236 g/mol. The molecule has 18 heavy (non-hydrogen) atoms. The van der Waals surface area contributed by atoms with Gasteiger partial charge in [0.15, 0.2) is 0 Å². The summed E-state index contributed by atoms with van der Waals surface area (Å²) in [6.07, 6.45) is 1.32. The van der Waals surface area contributed by atoms with Crippen molar-refractivity contribution in [1.29, 1.82) is 0 Å². The van der Waals surface area contributed by atoms with E-state index >= 15 is 0 Å². The Bertz CT molecular complexity index is 553. The lowest BCUT2D eigenvalue weighted by Crippen LogP contribution is -2.09. The minimum Gasteiger partial charge on any atom is -0.492 e. The van der Waals surface area contributed by atoms with Crippen molar-refractivity contribution < 1.29 is 9.66 Å². The third-order valence-electron chi connectivity index (χ3n) is 2.27. The predicted molar refractivity (Wildman–Crippen MR) is 63.4 cm³/mol. The van der Waals surface area contributed by atoms with E-state index in [0.29, 0.717) is 13.2 Å². The van der Waals surface area contributed by atoms with Crippen molar-refractivity contribution in [3.63, 3.8) is 0 Å². The van der Waals surface area contributed by atoms with Gasteiger partial charge in [-0.3, -0.25) is 0 Å². The van der Waals surface area contributed by atoms with Gasteiger partial charge in [-0.2, -0.15) is 4.68 Å². The lowest BCUT2D eigenvalue weighted by atomic mass is 10.2. The van der Waals surface area contributed by atoms with Crippen molar-refractivity contribution in [3.05, 3.63) is 46.3 Å².